The van der Waals surface area contributed by atoms with Crippen molar-refractivity contribution in [2.75, 3.05) is 16.9 Å². The highest BCUT2D eigenvalue weighted by atomic mass is 16.4. The number of hydrogen-bond donors (Lipinski definition) is 5. The maximum absolute atomic E-state index is 11.6. The van der Waals surface area contributed by atoms with Crippen LogP contribution in [0.1, 0.15) is 15.9 Å². The molecule has 0 fully saturated rings. The zero-order chi connectivity index (χ0) is 28.8. The first-order valence-electron chi connectivity index (χ1n) is 11.6. The molecule has 0 atom stereocenters. The number of aliphatic carboxylic acids is 1. The first-order valence-corrected chi connectivity index (χ1v) is 11.6. The van der Waals surface area contributed by atoms with Gasteiger partial charge in [-0.25, -0.2) is 9.59 Å². The van der Waals surface area contributed by atoms with E-state index in [4.69, 9.17) is 21.7 Å². The predicted molar refractivity (Wildman–Crippen MR) is 149 cm³/mol. The van der Waals surface area contributed by atoms with Crippen LogP contribution in [-0.2, 0) is 9.59 Å². The molecule has 0 bridgehead atoms. The standard InChI is InChI=1S/C27H22N8O5/c1-14-12-21(34-31-16-4-2-15(3-5-16)26(37)38)24(29)25(23(14)28)35-32-18-8-6-17(7-9-18)30-33-19-10-11-22(36)20(13-19)27(39)40/h2-13,30H,28-29H2,1H3,(H,37,38)(H,39,40)/b33-19+,34-31?,35-32?. The fraction of sp³-hybridized carbons (Fsp3) is 0.0370. The van der Waals surface area contributed by atoms with Crippen molar-refractivity contribution < 1.29 is 24.6 Å². The predicted octanol–water partition coefficient (Wildman–Crippen LogP) is 5.61. The zero-order valence-corrected chi connectivity index (χ0v) is 20.9. The van der Waals surface area contributed by atoms with Gasteiger partial charge in [0, 0.05) is 0 Å². The van der Waals surface area contributed by atoms with Gasteiger partial charge in [-0.05, 0) is 85.3 Å². The van der Waals surface area contributed by atoms with Crippen LogP contribution in [0.3, 0.4) is 0 Å². The summed E-state index contributed by atoms with van der Waals surface area (Å²) in [6.07, 6.45) is 3.73. The molecule has 0 saturated carbocycles. The van der Waals surface area contributed by atoms with E-state index in [1.54, 1.807) is 37.3 Å². The van der Waals surface area contributed by atoms with Crippen molar-refractivity contribution in [3.63, 3.8) is 0 Å². The van der Waals surface area contributed by atoms with Gasteiger partial charge in [0.2, 0.25) is 0 Å². The molecule has 13 nitrogen and oxygen atoms in total. The molecular weight excluding hydrogens is 516 g/mol. The third-order valence-corrected chi connectivity index (χ3v) is 5.59. The van der Waals surface area contributed by atoms with Gasteiger partial charge < -0.3 is 21.7 Å². The number of hydrazone groups is 1. The number of carboxylic acids is 2. The number of ketones is 1. The monoisotopic (exact) mass is 538 g/mol. The summed E-state index contributed by atoms with van der Waals surface area (Å²) in [5.74, 6) is -2.96. The van der Waals surface area contributed by atoms with E-state index >= 15 is 0 Å². The fourth-order valence-electron chi connectivity index (χ4n) is 3.38. The number of azo groups is 2. The van der Waals surface area contributed by atoms with E-state index in [1.165, 1.54) is 36.4 Å². The quantitative estimate of drug-likeness (QED) is 0.0796. The number of carbonyl (C=O) groups is 3. The summed E-state index contributed by atoms with van der Waals surface area (Å²) in [4.78, 5) is 33.7. The number of nitrogens with one attached hydrogen (secondary N) is 1. The van der Waals surface area contributed by atoms with E-state index in [1.807, 2.05) is 0 Å². The Morgan fingerprint density at radius 3 is 2.05 bits per heavy atom. The van der Waals surface area contributed by atoms with E-state index in [9.17, 15) is 14.4 Å². The molecule has 13 heteroatoms. The maximum Gasteiger partial charge on any atom is 0.339 e. The number of benzene rings is 3. The molecule has 0 spiro atoms. The zero-order valence-electron chi connectivity index (χ0n) is 20.9. The minimum Gasteiger partial charge on any atom is -0.478 e. The third-order valence-electron chi connectivity index (χ3n) is 5.59. The highest BCUT2D eigenvalue weighted by Gasteiger charge is 2.18. The smallest absolute Gasteiger partial charge is 0.339 e. The second-order valence-electron chi connectivity index (χ2n) is 8.40. The van der Waals surface area contributed by atoms with Gasteiger partial charge in [-0.15, -0.1) is 10.2 Å². The van der Waals surface area contributed by atoms with Crippen LogP contribution < -0.4 is 16.9 Å². The van der Waals surface area contributed by atoms with Gasteiger partial charge >= 0.3 is 11.9 Å². The third kappa shape index (κ3) is 6.28. The van der Waals surface area contributed by atoms with Gasteiger partial charge in [0.1, 0.15) is 16.9 Å². The van der Waals surface area contributed by atoms with Gasteiger partial charge in [-0.3, -0.25) is 10.2 Å². The molecule has 0 aliphatic heterocycles. The lowest BCUT2D eigenvalue weighted by molar-refractivity contribution is -0.134. The number of hydrogen-bond acceptors (Lipinski definition) is 11. The number of nitrogens with two attached hydrogens (primary N) is 2. The Labute approximate surface area is 227 Å². The molecular formula is C27H22N8O5. The molecule has 40 heavy (non-hydrogen) atoms. The van der Waals surface area contributed by atoms with Gasteiger partial charge in [0.25, 0.3) is 0 Å². The number of carboxylic acid groups (broad SMARTS) is 2. The van der Waals surface area contributed by atoms with Crippen molar-refractivity contribution in [1.29, 1.82) is 0 Å². The molecule has 3 aromatic rings. The van der Waals surface area contributed by atoms with Gasteiger partial charge in [0.05, 0.1) is 39.7 Å². The minimum atomic E-state index is -1.32. The summed E-state index contributed by atoms with van der Waals surface area (Å²) in [5.41, 5.74) is 18.5. The van der Waals surface area contributed by atoms with Crippen LogP contribution in [0.5, 0.6) is 0 Å². The lowest BCUT2D eigenvalue weighted by atomic mass is 10.0. The largest absolute Gasteiger partial charge is 0.478 e. The molecule has 0 radical (unpaired) electrons. The van der Waals surface area contributed by atoms with Crippen LogP contribution in [-0.4, -0.2) is 33.6 Å². The topological polar surface area (TPSA) is 218 Å². The lowest BCUT2D eigenvalue weighted by Gasteiger charge is -2.09. The number of nitrogens with zero attached hydrogens (tertiary/aromatic N) is 5. The average molecular weight is 539 g/mol. The molecule has 7 N–H and O–H groups in total. The van der Waals surface area contributed by atoms with Crippen molar-refractivity contribution in [2.24, 2.45) is 25.6 Å². The summed E-state index contributed by atoms with van der Waals surface area (Å²) >= 11 is 0. The molecule has 200 valence electrons. The SMILES string of the molecule is Cc1cc(N=Nc2ccc(C(=O)O)cc2)c(N)c(N=Nc2ccc(N/N=C3\C=CC(=O)C(C(=O)O)=C3)cc2)c1N. The van der Waals surface area contributed by atoms with Crippen molar-refractivity contribution in [1.82, 2.24) is 0 Å². The minimum absolute atomic E-state index is 0.132. The van der Waals surface area contributed by atoms with Crippen LogP contribution in [0.2, 0.25) is 0 Å². The molecule has 0 unspecified atom stereocenters. The average Bonchev–Trinajstić information content (AvgIpc) is 2.94. The van der Waals surface area contributed by atoms with Crippen LogP contribution >= 0.6 is 0 Å². The van der Waals surface area contributed by atoms with Crippen molar-refractivity contribution in [2.45, 2.75) is 6.92 Å². The normalized spacial score (nSPS) is 14.2. The molecule has 0 aromatic heterocycles. The Morgan fingerprint density at radius 2 is 1.43 bits per heavy atom. The number of anilines is 3. The maximum atomic E-state index is 11.6. The van der Waals surface area contributed by atoms with Gasteiger partial charge in [0.15, 0.2) is 5.78 Å². The highest BCUT2D eigenvalue weighted by molar-refractivity contribution is 6.29. The first-order chi connectivity index (χ1) is 19.1. The summed E-state index contributed by atoms with van der Waals surface area (Å²) in [5, 5.41) is 38.9. The van der Waals surface area contributed by atoms with Crippen LogP contribution in [0, 0.1) is 6.92 Å². The number of carbonyl (C=O) groups excluding carboxylic acids is 1. The summed E-state index contributed by atoms with van der Waals surface area (Å²) in [6.45, 7) is 1.77. The Balaban J connectivity index is 1.49. The Kier molecular flexibility index (Phi) is 7.85. The Morgan fingerprint density at radius 1 is 0.800 bits per heavy atom. The second kappa shape index (κ2) is 11.6. The number of rotatable bonds is 8. The van der Waals surface area contributed by atoms with Crippen LogP contribution in [0.4, 0.5) is 39.8 Å². The molecule has 4 rings (SSSR count). The fourth-order valence-corrected chi connectivity index (χ4v) is 3.38. The van der Waals surface area contributed by atoms with Crippen molar-refractivity contribution in [3.8, 4) is 0 Å². The summed E-state index contributed by atoms with van der Waals surface area (Å²) in [7, 11) is 0. The summed E-state index contributed by atoms with van der Waals surface area (Å²) < 4.78 is 0. The van der Waals surface area contributed by atoms with Crippen LogP contribution in [0.15, 0.2) is 104 Å². The second-order valence-corrected chi connectivity index (χ2v) is 8.40. The van der Waals surface area contributed by atoms with Crippen molar-refractivity contribution >= 4 is 63.2 Å². The number of aromatic carboxylic acids is 1. The van der Waals surface area contributed by atoms with E-state index in [-0.39, 0.29) is 28.2 Å². The van der Waals surface area contributed by atoms with Crippen molar-refractivity contribution in [3.05, 3.63) is 89.5 Å². The molecule has 3 aromatic carbocycles. The highest BCUT2D eigenvalue weighted by Crippen LogP contribution is 2.41. The summed E-state index contributed by atoms with van der Waals surface area (Å²) in [6, 6.07) is 14.2. The van der Waals surface area contributed by atoms with E-state index in [2.05, 4.69) is 31.0 Å². The lowest BCUT2D eigenvalue weighted by Crippen LogP contribution is -2.15. The van der Waals surface area contributed by atoms with Gasteiger partial charge in [-0.1, -0.05) is 0 Å². The number of aryl methyl sites for hydroxylation is 1. The van der Waals surface area contributed by atoms with E-state index in [0.29, 0.717) is 34.0 Å². The molecule has 0 saturated heterocycles. The molecule has 1 aliphatic carbocycles. The number of nitrogen functional groups attached to an aromatic ring is 2. The first kappa shape index (κ1) is 27.1. The van der Waals surface area contributed by atoms with E-state index < -0.39 is 17.7 Å². The van der Waals surface area contributed by atoms with Crippen LogP contribution in [0.25, 0.3) is 0 Å². The molecule has 1 aliphatic rings. The molecule has 0 heterocycles. The Bertz CT molecular complexity index is 1650. The van der Waals surface area contributed by atoms with Gasteiger partial charge in [-0.2, -0.15) is 15.3 Å². The number of allylic oxidation sites excluding steroid dienone is 3. The Hall–Kier alpha value is -5.98. The molecule has 0 amide bonds. The van der Waals surface area contributed by atoms with E-state index in [0.717, 1.165) is 6.08 Å².